The fraction of sp³-hybridized carbons (Fsp3) is 0.194. The highest BCUT2D eigenvalue weighted by molar-refractivity contribution is 8.00. The van der Waals surface area contributed by atoms with Gasteiger partial charge in [0.05, 0.1) is 33.7 Å². The van der Waals surface area contributed by atoms with Crippen LogP contribution in [0.15, 0.2) is 87.5 Å². The van der Waals surface area contributed by atoms with E-state index in [1.165, 1.54) is 48.5 Å². The number of esters is 1. The van der Waals surface area contributed by atoms with Gasteiger partial charge in [-0.1, -0.05) is 35.2 Å². The molecule has 2 aliphatic heterocycles. The van der Waals surface area contributed by atoms with Crippen LogP contribution in [0, 0.1) is 5.92 Å². The number of aromatic amines is 1. The van der Waals surface area contributed by atoms with Crippen LogP contribution in [-0.2, 0) is 29.1 Å². The first-order chi connectivity index (χ1) is 22.4. The van der Waals surface area contributed by atoms with E-state index in [-0.39, 0.29) is 28.5 Å². The Morgan fingerprint density at radius 2 is 1.72 bits per heavy atom. The maximum Gasteiger partial charge on any atom is 0.338 e. The number of hydrogen-bond acceptors (Lipinski definition) is 11. The number of anilines is 2. The Morgan fingerprint density at radius 1 is 1.00 bits per heavy atom. The second-order valence-electron chi connectivity index (χ2n) is 10.5. The van der Waals surface area contributed by atoms with Crippen LogP contribution >= 0.6 is 23.1 Å². The average Bonchev–Trinajstić information content (AvgIpc) is 3.54. The van der Waals surface area contributed by atoms with Crippen LogP contribution in [0.5, 0.6) is 5.75 Å². The van der Waals surface area contributed by atoms with Crippen molar-refractivity contribution in [2.75, 3.05) is 23.4 Å². The van der Waals surface area contributed by atoms with E-state index in [0.717, 1.165) is 28.0 Å². The van der Waals surface area contributed by atoms with Crippen LogP contribution in [0.25, 0.3) is 0 Å². The van der Waals surface area contributed by atoms with Gasteiger partial charge in [0.2, 0.25) is 21.8 Å². The van der Waals surface area contributed by atoms with Crippen molar-refractivity contribution in [1.29, 1.82) is 0 Å². The maximum atomic E-state index is 14.0. The molecule has 1 aromatic heterocycles. The minimum absolute atomic E-state index is 0.0972. The van der Waals surface area contributed by atoms with E-state index in [4.69, 9.17) is 14.6 Å². The lowest BCUT2D eigenvalue weighted by molar-refractivity contribution is -0.122. The van der Waals surface area contributed by atoms with Crippen molar-refractivity contribution >= 4 is 68.2 Å². The predicted molar refractivity (Wildman–Crippen MR) is 173 cm³/mol. The molecule has 242 valence electrons. The number of fused-ring (bicyclic) bond motifs is 2. The van der Waals surface area contributed by atoms with E-state index in [1.54, 1.807) is 31.2 Å². The lowest BCUT2D eigenvalue weighted by atomic mass is 9.83. The van der Waals surface area contributed by atoms with Crippen LogP contribution in [-0.4, -0.2) is 55.6 Å². The van der Waals surface area contributed by atoms with Crippen molar-refractivity contribution in [3.63, 3.8) is 0 Å². The number of nitrogens with zero attached hydrogens (tertiary/aromatic N) is 1. The van der Waals surface area contributed by atoms with Gasteiger partial charge < -0.3 is 19.8 Å². The van der Waals surface area contributed by atoms with E-state index in [2.05, 4.69) is 10.3 Å². The number of carbonyl (C=O) groups is 4. The zero-order chi connectivity index (χ0) is 33.5. The average molecular weight is 695 g/mol. The molecule has 0 bridgehead atoms. The fourth-order valence-electron chi connectivity index (χ4n) is 5.46. The maximum absolute atomic E-state index is 14.0. The number of sulfonamides is 1. The third kappa shape index (κ3) is 6.44. The third-order valence-corrected chi connectivity index (χ3v) is 10.8. The van der Waals surface area contributed by atoms with Gasteiger partial charge in [-0.3, -0.25) is 19.2 Å². The summed E-state index contributed by atoms with van der Waals surface area (Å²) in [6, 6.07) is 18.1. The van der Waals surface area contributed by atoms with Gasteiger partial charge in [0.25, 0.3) is 5.91 Å². The Bertz CT molecular complexity index is 2060. The zero-order valence-electron chi connectivity index (χ0n) is 24.5. The predicted octanol–water partition coefficient (Wildman–Crippen LogP) is 3.07. The van der Waals surface area contributed by atoms with E-state index in [9.17, 15) is 32.4 Å². The summed E-state index contributed by atoms with van der Waals surface area (Å²) in [5.41, 5.74) is 1.53. The Morgan fingerprint density at radius 3 is 2.40 bits per heavy atom. The molecule has 47 heavy (non-hydrogen) atoms. The molecular formula is C31H26N4O9S3. The number of ether oxygens (including phenoxy) is 2. The van der Waals surface area contributed by atoms with Crippen LogP contribution in [0.3, 0.4) is 0 Å². The summed E-state index contributed by atoms with van der Waals surface area (Å²) >= 11 is 2.10. The quantitative estimate of drug-likeness (QED) is 0.173. The highest BCUT2D eigenvalue weighted by atomic mass is 32.2. The molecule has 0 saturated carbocycles. The number of nitrogens with two attached hydrogens (primary N) is 1. The van der Waals surface area contributed by atoms with Crippen LogP contribution in [0.4, 0.5) is 11.4 Å². The minimum atomic E-state index is -3.88. The number of hydrogen-bond donors (Lipinski definition) is 3. The number of nitrogens with one attached hydrogen (secondary N) is 2. The molecule has 4 aromatic rings. The molecule has 0 aliphatic carbocycles. The lowest BCUT2D eigenvalue weighted by Gasteiger charge is -2.30. The second-order valence-corrected chi connectivity index (χ2v) is 14.2. The number of thioether (sulfide) groups is 1. The highest BCUT2D eigenvalue weighted by Crippen LogP contribution is 2.53. The molecule has 4 N–H and O–H groups in total. The minimum Gasteiger partial charge on any atom is -0.484 e. The van der Waals surface area contributed by atoms with Gasteiger partial charge >= 0.3 is 10.8 Å². The van der Waals surface area contributed by atoms with E-state index in [1.807, 2.05) is 0 Å². The highest BCUT2D eigenvalue weighted by Gasteiger charge is 2.56. The number of H-pyrrole nitrogens is 1. The van der Waals surface area contributed by atoms with Crippen molar-refractivity contribution in [2.45, 2.75) is 28.0 Å². The molecule has 16 heteroatoms. The van der Waals surface area contributed by atoms with Crippen molar-refractivity contribution < 1.29 is 37.1 Å². The first kappa shape index (κ1) is 32.2. The van der Waals surface area contributed by atoms with Gasteiger partial charge in [-0.05, 0) is 73.2 Å². The molecule has 1 saturated heterocycles. The Balaban J connectivity index is 1.23. The molecular weight excluding hydrogens is 669 g/mol. The molecule has 3 aromatic carbocycles. The van der Waals surface area contributed by atoms with Crippen molar-refractivity contribution in [3.8, 4) is 5.75 Å². The standard InChI is InChI=1S/C31H26N4O9S3/c1-2-43-30(39)16-6-10-19(11-7-16)35-28(37)24-23(25-27(34-31(40)46-25)45-26(24)29(35)38)17-4-3-5-20(14-17)44-15-22(36)33-18-8-12-21(13-9-18)47(32,41)42/h3-14,23-24,26H,2,15H2,1H3,(H,33,36)(H,34,40)(H2,32,41,42)/t23-,24?,26?/m1/s1. The Labute approximate surface area is 276 Å². The van der Waals surface area contributed by atoms with E-state index >= 15 is 0 Å². The third-order valence-electron chi connectivity index (χ3n) is 7.51. The summed E-state index contributed by atoms with van der Waals surface area (Å²) in [6.45, 7) is 1.51. The molecule has 0 radical (unpaired) electrons. The number of thiazole rings is 1. The Hall–Kier alpha value is -4.77. The summed E-state index contributed by atoms with van der Waals surface area (Å²) in [5.74, 6) is -3.14. The summed E-state index contributed by atoms with van der Waals surface area (Å²) < 4.78 is 33.7. The molecule has 3 atom stereocenters. The normalized spacial score (nSPS) is 18.8. The van der Waals surface area contributed by atoms with Gasteiger partial charge in [-0.15, -0.1) is 0 Å². The van der Waals surface area contributed by atoms with E-state index in [0.29, 0.717) is 32.6 Å². The van der Waals surface area contributed by atoms with Gasteiger partial charge in [0, 0.05) is 16.5 Å². The summed E-state index contributed by atoms with van der Waals surface area (Å²) in [6.07, 6.45) is 0. The molecule has 3 heterocycles. The van der Waals surface area contributed by atoms with Crippen LogP contribution in [0.2, 0.25) is 0 Å². The van der Waals surface area contributed by atoms with Crippen LogP contribution < -0.4 is 25.0 Å². The largest absolute Gasteiger partial charge is 0.484 e. The first-order valence-electron chi connectivity index (χ1n) is 14.1. The van der Waals surface area contributed by atoms with Crippen molar-refractivity contribution in [1.82, 2.24) is 4.98 Å². The lowest BCUT2D eigenvalue weighted by Crippen LogP contribution is -2.32. The number of primary sulfonamides is 1. The van der Waals surface area contributed by atoms with E-state index < -0.39 is 50.8 Å². The fourth-order valence-corrected chi connectivity index (χ4v) is 8.49. The monoisotopic (exact) mass is 694 g/mol. The molecule has 0 spiro atoms. The molecule has 2 aliphatic rings. The first-order valence-corrected chi connectivity index (χ1v) is 17.4. The summed E-state index contributed by atoms with van der Waals surface area (Å²) in [4.78, 5) is 68.9. The van der Waals surface area contributed by atoms with Gasteiger partial charge in [-0.25, -0.2) is 23.3 Å². The number of rotatable bonds is 9. The molecule has 6 rings (SSSR count). The topological polar surface area (TPSA) is 195 Å². The number of amides is 3. The SMILES string of the molecule is CCOC(=O)c1ccc(N2C(=O)C3Sc4[nH]c(=O)sc4[C@H](c4cccc(OCC(=O)Nc5ccc(S(N)(=O)=O)cc5)c4)C3C2=O)cc1. The molecule has 3 amide bonds. The van der Waals surface area contributed by atoms with Gasteiger partial charge in [0.1, 0.15) is 11.0 Å². The van der Waals surface area contributed by atoms with Crippen LogP contribution in [0.1, 0.15) is 33.6 Å². The second kappa shape index (κ2) is 12.8. The molecule has 2 unspecified atom stereocenters. The Kier molecular flexibility index (Phi) is 8.76. The van der Waals surface area contributed by atoms with Crippen molar-refractivity contribution in [2.24, 2.45) is 11.1 Å². The summed E-state index contributed by atoms with van der Waals surface area (Å²) in [5, 5.41) is 7.39. The number of imide groups is 1. The zero-order valence-corrected chi connectivity index (χ0v) is 26.9. The summed E-state index contributed by atoms with van der Waals surface area (Å²) in [7, 11) is -3.88. The number of aromatic nitrogens is 1. The smallest absolute Gasteiger partial charge is 0.338 e. The molecule has 1 fully saturated rings. The number of benzene rings is 3. The van der Waals surface area contributed by atoms with Gasteiger partial charge in [0.15, 0.2) is 6.61 Å². The van der Waals surface area contributed by atoms with Crippen molar-refractivity contribution in [3.05, 3.63) is 98.5 Å². The molecule has 13 nitrogen and oxygen atoms in total. The van der Waals surface area contributed by atoms with Gasteiger partial charge in [-0.2, -0.15) is 0 Å². The number of carbonyl (C=O) groups excluding carboxylic acids is 4.